The van der Waals surface area contributed by atoms with Crippen LogP contribution in [0.3, 0.4) is 0 Å². The van der Waals surface area contributed by atoms with E-state index in [0.29, 0.717) is 12.0 Å². The standard InChI is InChI=1S/C18H18N2O2/c1-11(2)7-8-14-17-15(9-12(10-19-22)18(14)21)13-5-3-4-6-16(13)20-17/h3-7,9-10,20-22H,8H2,1-2H3/b19-10-. The summed E-state index contributed by atoms with van der Waals surface area (Å²) < 4.78 is 0. The van der Waals surface area contributed by atoms with E-state index in [-0.39, 0.29) is 5.75 Å². The molecule has 0 radical (unpaired) electrons. The van der Waals surface area contributed by atoms with E-state index in [4.69, 9.17) is 5.21 Å². The highest BCUT2D eigenvalue weighted by molar-refractivity contribution is 6.11. The van der Waals surface area contributed by atoms with Gasteiger partial charge in [0.1, 0.15) is 5.75 Å². The number of hydrogen-bond acceptors (Lipinski definition) is 3. The summed E-state index contributed by atoms with van der Waals surface area (Å²) in [6.07, 6.45) is 3.95. The van der Waals surface area contributed by atoms with Crippen molar-refractivity contribution < 1.29 is 10.3 Å². The average molecular weight is 294 g/mol. The third-order valence-corrected chi connectivity index (χ3v) is 3.82. The first-order valence-corrected chi connectivity index (χ1v) is 7.18. The van der Waals surface area contributed by atoms with Crippen molar-refractivity contribution in [1.29, 1.82) is 0 Å². The molecule has 1 aromatic heterocycles. The summed E-state index contributed by atoms with van der Waals surface area (Å²) in [6.45, 7) is 4.05. The first-order valence-electron chi connectivity index (χ1n) is 7.18. The van der Waals surface area contributed by atoms with Crippen molar-refractivity contribution in [2.24, 2.45) is 5.16 Å². The number of allylic oxidation sites excluding steroid dienone is 2. The van der Waals surface area contributed by atoms with Crippen LogP contribution < -0.4 is 0 Å². The van der Waals surface area contributed by atoms with Gasteiger partial charge < -0.3 is 15.3 Å². The zero-order valence-corrected chi connectivity index (χ0v) is 12.6. The van der Waals surface area contributed by atoms with Gasteiger partial charge in [-0.1, -0.05) is 35.0 Å². The van der Waals surface area contributed by atoms with Gasteiger partial charge in [0, 0.05) is 27.4 Å². The monoisotopic (exact) mass is 294 g/mol. The fourth-order valence-electron chi connectivity index (χ4n) is 2.73. The number of nitrogens with zero attached hydrogens (tertiary/aromatic N) is 1. The molecule has 1 heterocycles. The highest BCUT2D eigenvalue weighted by Crippen LogP contribution is 2.35. The second kappa shape index (κ2) is 5.56. The van der Waals surface area contributed by atoms with Gasteiger partial charge in [0.2, 0.25) is 0 Å². The number of fused-ring (bicyclic) bond motifs is 3. The largest absolute Gasteiger partial charge is 0.507 e. The number of aromatic nitrogens is 1. The van der Waals surface area contributed by atoms with Crippen LogP contribution in [0.25, 0.3) is 21.8 Å². The van der Waals surface area contributed by atoms with Crippen LogP contribution >= 0.6 is 0 Å². The number of aromatic amines is 1. The normalized spacial score (nSPS) is 11.5. The first-order chi connectivity index (χ1) is 10.6. The Morgan fingerprint density at radius 3 is 2.73 bits per heavy atom. The van der Waals surface area contributed by atoms with E-state index < -0.39 is 0 Å². The van der Waals surface area contributed by atoms with Gasteiger partial charge in [0.05, 0.1) is 11.7 Å². The molecule has 0 bridgehead atoms. The van der Waals surface area contributed by atoms with E-state index in [1.165, 1.54) is 11.8 Å². The zero-order valence-electron chi connectivity index (χ0n) is 12.6. The quantitative estimate of drug-likeness (QED) is 0.291. The Bertz CT molecular complexity index is 900. The molecule has 0 aliphatic heterocycles. The van der Waals surface area contributed by atoms with Gasteiger partial charge in [-0.3, -0.25) is 0 Å². The molecule has 0 amide bonds. The van der Waals surface area contributed by atoms with Crippen molar-refractivity contribution in [2.45, 2.75) is 20.3 Å². The average Bonchev–Trinajstić information content (AvgIpc) is 2.85. The van der Waals surface area contributed by atoms with Gasteiger partial charge in [-0.25, -0.2) is 0 Å². The van der Waals surface area contributed by atoms with Gasteiger partial charge in [0.15, 0.2) is 0 Å². The Morgan fingerprint density at radius 2 is 2.00 bits per heavy atom. The molecule has 3 aromatic rings. The number of nitrogens with one attached hydrogen (secondary N) is 1. The second-order valence-corrected chi connectivity index (χ2v) is 5.62. The van der Waals surface area contributed by atoms with E-state index in [0.717, 1.165) is 27.4 Å². The third-order valence-electron chi connectivity index (χ3n) is 3.82. The smallest absolute Gasteiger partial charge is 0.130 e. The van der Waals surface area contributed by atoms with Crippen LogP contribution in [0, 0.1) is 0 Å². The molecule has 0 spiro atoms. The van der Waals surface area contributed by atoms with E-state index >= 15 is 0 Å². The summed E-state index contributed by atoms with van der Waals surface area (Å²) >= 11 is 0. The van der Waals surface area contributed by atoms with Crippen molar-refractivity contribution in [3.05, 3.63) is 53.1 Å². The maximum Gasteiger partial charge on any atom is 0.130 e. The fraction of sp³-hybridized carbons (Fsp3) is 0.167. The Morgan fingerprint density at radius 1 is 1.23 bits per heavy atom. The lowest BCUT2D eigenvalue weighted by molar-refractivity contribution is 0.321. The van der Waals surface area contributed by atoms with Crippen LogP contribution in [-0.2, 0) is 6.42 Å². The minimum absolute atomic E-state index is 0.148. The maximum absolute atomic E-state index is 10.5. The molecule has 4 nitrogen and oxygen atoms in total. The lowest BCUT2D eigenvalue weighted by atomic mass is 10.0. The van der Waals surface area contributed by atoms with E-state index in [1.807, 2.05) is 44.2 Å². The number of hydrogen-bond donors (Lipinski definition) is 3. The zero-order chi connectivity index (χ0) is 15.7. The number of oxime groups is 1. The topological polar surface area (TPSA) is 68.6 Å². The van der Waals surface area contributed by atoms with Gasteiger partial charge in [-0.15, -0.1) is 0 Å². The molecule has 4 heteroatoms. The predicted octanol–water partition coefficient (Wildman–Crippen LogP) is 4.34. The van der Waals surface area contributed by atoms with Crippen LogP contribution in [0.15, 0.2) is 47.1 Å². The van der Waals surface area contributed by atoms with E-state index in [9.17, 15) is 5.11 Å². The van der Waals surface area contributed by atoms with Gasteiger partial charge >= 0.3 is 0 Å². The van der Waals surface area contributed by atoms with Gasteiger partial charge in [0.25, 0.3) is 0 Å². The number of H-pyrrole nitrogens is 1. The number of phenols is 1. The molecule has 22 heavy (non-hydrogen) atoms. The van der Waals surface area contributed by atoms with E-state index in [1.54, 1.807) is 0 Å². The minimum Gasteiger partial charge on any atom is -0.507 e. The van der Waals surface area contributed by atoms with Crippen LogP contribution in [-0.4, -0.2) is 21.5 Å². The molecule has 3 rings (SSSR count). The molecule has 0 fully saturated rings. The Labute approximate surface area is 128 Å². The number of benzene rings is 2. The molecule has 0 aliphatic carbocycles. The lowest BCUT2D eigenvalue weighted by Crippen LogP contribution is -1.92. The fourth-order valence-corrected chi connectivity index (χ4v) is 2.73. The van der Waals surface area contributed by atoms with Crippen molar-refractivity contribution in [3.8, 4) is 5.75 Å². The molecule has 0 atom stereocenters. The number of aromatic hydroxyl groups is 1. The maximum atomic E-state index is 10.5. The molecule has 2 aromatic carbocycles. The highest BCUT2D eigenvalue weighted by atomic mass is 16.4. The van der Waals surface area contributed by atoms with Crippen LogP contribution in [0.4, 0.5) is 0 Å². The summed E-state index contributed by atoms with van der Waals surface area (Å²) in [5.41, 5.74) is 4.45. The first kappa shape index (κ1) is 14.2. The Kier molecular flexibility index (Phi) is 3.59. The molecule has 3 N–H and O–H groups in total. The SMILES string of the molecule is CC(C)=CCc1c(O)c(/C=N\O)cc2c1[nH]c1ccccc12. The summed E-state index contributed by atoms with van der Waals surface area (Å²) in [4.78, 5) is 3.38. The summed E-state index contributed by atoms with van der Waals surface area (Å²) in [5, 5.41) is 24.5. The van der Waals surface area contributed by atoms with Crippen molar-refractivity contribution in [1.82, 2.24) is 4.98 Å². The summed E-state index contributed by atoms with van der Waals surface area (Å²) in [6, 6.07) is 9.85. The molecular weight excluding hydrogens is 276 g/mol. The molecular formula is C18H18N2O2. The van der Waals surface area contributed by atoms with Crippen molar-refractivity contribution in [3.63, 3.8) is 0 Å². The molecule has 0 aliphatic rings. The van der Waals surface area contributed by atoms with Gasteiger partial charge in [-0.05, 0) is 32.4 Å². The van der Waals surface area contributed by atoms with Crippen molar-refractivity contribution >= 4 is 28.0 Å². The summed E-state index contributed by atoms with van der Waals surface area (Å²) in [7, 11) is 0. The number of para-hydroxylation sites is 1. The molecule has 0 unspecified atom stereocenters. The predicted molar refractivity (Wildman–Crippen MR) is 90.0 cm³/mol. The van der Waals surface area contributed by atoms with Crippen molar-refractivity contribution in [2.75, 3.05) is 0 Å². The van der Waals surface area contributed by atoms with Crippen LogP contribution in [0.2, 0.25) is 0 Å². The molecule has 0 saturated heterocycles. The van der Waals surface area contributed by atoms with Crippen LogP contribution in [0.1, 0.15) is 25.0 Å². The Balaban J connectivity index is 2.38. The van der Waals surface area contributed by atoms with E-state index in [2.05, 4.69) is 16.2 Å². The molecule has 0 saturated carbocycles. The highest BCUT2D eigenvalue weighted by Gasteiger charge is 2.15. The Hall–Kier alpha value is -2.75. The minimum atomic E-state index is 0.148. The van der Waals surface area contributed by atoms with Gasteiger partial charge in [-0.2, -0.15) is 0 Å². The number of rotatable bonds is 3. The molecule has 112 valence electrons. The third kappa shape index (κ3) is 2.33. The second-order valence-electron chi connectivity index (χ2n) is 5.62. The summed E-state index contributed by atoms with van der Waals surface area (Å²) in [5.74, 6) is 0.148. The lowest BCUT2D eigenvalue weighted by Gasteiger charge is -2.08. The van der Waals surface area contributed by atoms with Crippen LogP contribution in [0.5, 0.6) is 5.75 Å². The number of phenolic OH excluding ortho intramolecular Hbond substituents is 1.